The van der Waals surface area contributed by atoms with Gasteiger partial charge in [-0.1, -0.05) is 38.1 Å². The molecule has 4 aromatic rings. The van der Waals surface area contributed by atoms with Gasteiger partial charge in [-0.15, -0.1) is 0 Å². The minimum absolute atomic E-state index is 0.109. The van der Waals surface area contributed by atoms with Gasteiger partial charge in [0.05, 0.1) is 5.69 Å². The second kappa shape index (κ2) is 10.5. The number of benzene rings is 2. The number of rotatable bonds is 4. The van der Waals surface area contributed by atoms with Crippen molar-refractivity contribution in [2.24, 2.45) is 0 Å². The van der Waals surface area contributed by atoms with E-state index in [0.29, 0.717) is 12.5 Å². The summed E-state index contributed by atoms with van der Waals surface area (Å²) in [6, 6.07) is 13.5. The summed E-state index contributed by atoms with van der Waals surface area (Å²) in [6.45, 7) is 18.0. The molecule has 0 saturated carbocycles. The number of nitrogens with one attached hydrogen (secondary N) is 1. The van der Waals surface area contributed by atoms with Crippen LogP contribution in [0.15, 0.2) is 42.6 Å². The molecule has 2 aliphatic heterocycles. The number of hydrogen-bond acceptors (Lipinski definition) is 5. The average molecular weight is 551 g/mol. The molecule has 214 valence electrons. The fraction of sp³-hybridized carbons (Fsp3) is 0.441. The number of carbonyl (C=O) groups excluding carboxylic acids is 1. The van der Waals surface area contributed by atoms with Gasteiger partial charge >= 0.3 is 0 Å². The van der Waals surface area contributed by atoms with Crippen molar-refractivity contribution in [3.63, 3.8) is 0 Å². The van der Waals surface area contributed by atoms with Gasteiger partial charge in [-0.2, -0.15) is 0 Å². The van der Waals surface area contributed by atoms with E-state index >= 15 is 0 Å². The molecular weight excluding hydrogens is 508 g/mol. The van der Waals surface area contributed by atoms with E-state index in [1.54, 1.807) is 6.92 Å². The van der Waals surface area contributed by atoms with E-state index in [1.165, 1.54) is 33.3 Å². The van der Waals surface area contributed by atoms with Crippen molar-refractivity contribution in [2.75, 3.05) is 29.4 Å². The third kappa shape index (κ3) is 4.85. The van der Waals surface area contributed by atoms with Gasteiger partial charge in [-0.3, -0.25) is 4.79 Å². The fourth-order valence-corrected chi connectivity index (χ4v) is 6.69. The van der Waals surface area contributed by atoms with Crippen molar-refractivity contribution in [3.05, 3.63) is 70.5 Å². The predicted octanol–water partition coefficient (Wildman–Crippen LogP) is 6.37. The van der Waals surface area contributed by atoms with Crippen LogP contribution in [0.3, 0.4) is 0 Å². The normalized spacial score (nSPS) is 19.3. The molecule has 0 bridgehead atoms. The number of fused-ring (bicyclic) bond motifs is 2. The lowest BCUT2D eigenvalue weighted by Crippen LogP contribution is -2.58. The first kappa shape index (κ1) is 27.3. The molecule has 7 heteroatoms. The predicted molar refractivity (Wildman–Crippen MR) is 168 cm³/mol. The lowest BCUT2D eigenvalue weighted by molar-refractivity contribution is -0.131. The zero-order chi connectivity index (χ0) is 29.0. The molecule has 2 atom stereocenters. The van der Waals surface area contributed by atoms with Crippen LogP contribution in [0, 0.1) is 13.8 Å². The molecule has 0 radical (unpaired) electrons. The van der Waals surface area contributed by atoms with Gasteiger partial charge in [0, 0.05) is 85.5 Å². The number of carbonyl (C=O) groups is 1. The molecule has 1 amide bonds. The second-order valence-electron chi connectivity index (χ2n) is 12.4. The molecular formula is C34H42N6O. The van der Waals surface area contributed by atoms with Gasteiger partial charge in [0.15, 0.2) is 5.82 Å². The van der Waals surface area contributed by atoms with Crippen molar-refractivity contribution < 1.29 is 4.79 Å². The topological polar surface area (TPSA) is 68.4 Å². The smallest absolute Gasteiger partial charge is 0.219 e. The van der Waals surface area contributed by atoms with E-state index in [1.807, 2.05) is 4.90 Å². The summed E-state index contributed by atoms with van der Waals surface area (Å²) in [6.07, 6.45) is 2.92. The van der Waals surface area contributed by atoms with Crippen molar-refractivity contribution in [3.8, 4) is 11.4 Å². The summed E-state index contributed by atoms with van der Waals surface area (Å²) in [5.41, 5.74) is 9.67. The third-order valence-electron chi connectivity index (χ3n) is 9.09. The summed E-state index contributed by atoms with van der Waals surface area (Å²) in [5, 5.41) is 1.18. The van der Waals surface area contributed by atoms with Crippen LogP contribution in [0.4, 0.5) is 11.5 Å². The zero-order valence-electron chi connectivity index (χ0n) is 25.5. The Morgan fingerprint density at radius 2 is 1.83 bits per heavy atom. The molecule has 2 aromatic carbocycles. The molecule has 2 aromatic heterocycles. The van der Waals surface area contributed by atoms with Crippen LogP contribution < -0.4 is 9.80 Å². The molecule has 2 unspecified atom stereocenters. The number of piperazine rings is 1. The average Bonchev–Trinajstić information content (AvgIpc) is 3.34. The van der Waals surface area contributed by atoms with E-state index in [2.05, 4.69) is 98.9 Å². The lowest BCUT2D eigenvalue weighted by Gasteiger charge is -2.45. The van der Waals surface area contributed by atoms with Crippen molar-refractivity contribution >= 4 is 28.3 Å². The highest BCUT2D eigenvalue weighted by molar-refractivity contribution is 5.96. The van der Waals surface area contributed by atoms with Crippen LogP contribution in [0.25, 0.3) is 22.3 Å². The summed E-state index contributed by atoms with van der Waals surface area (Å²) in [5.74, 6) is 2.41. The highest BCUT2D eigenvalue weighted by Crippen LogP contribution is 2.37. The second-order valence-corrected chi connectivity index (χ2v) is 12.4. The molecule has 0 aliphatic carbocycles. The Morgan fingerprint density at radius 3 is 2.59 bits per heavy atom. The van der Waals surface area contributed by atoms with Gasteiger partial charge in [0.25, 0.3) is 0 Å². The van der Waals surface area contributed by atoms with Gasteiger partial charge in [0.2, 0.25) is 5.91 Å². The number of nitrogens with zero attached hydrogens (tertiary/aromatic N) is 5. The maximum Gasteiger partial charge on any atom is 0.219 e. The molecule has 6 rings (SSSR count). The van der Waals surface area contributed by atoms with E-state index < -0.39 is 0 Å². The summed E-state index contributed by atoms with van der Waals surface area (Å²) < 4.78 is 0. The first-order valence-corrected chi connectivity index (χ1v) is 15.0. The number of aromatic amines is 1. The van der Waals surface area contributed by atoms with Crippen LogP contribution in [-0.2, 0) is 17.8 Å². The zero-order valence-corrected chi connectivity index (χ0v) is 25.5. The van der Waals surface area contributed by atoms with Gasteiger partial charge in [-0.25, -0.2) is 9.97 Å². The van der Waals surface area contributed by atoms with Crippen molar-refractivity contribution in [1.82, 2.24) is 19.9 Å². The number of anilines is 2. The van der Waals surface area contributed by atoms with E-state index in [9.17, 15) is 4.79 Å². The van der Waals surface area contributed by atoms with Crippen LogP contribution in [0.5, 0.6) is 0 Å². The summed E-state index contributed by atoms with van der Waals surface area (Å²) in [4.78, 5) is 33.3. The van der Waals surface area contributed by atoms with Crippen molar-refractivity contribution in [1.29, 1.82) is 0 Å². The van der Waals surface area contributed by atoms with Crippen LogP contribution in [0.1, 0.15) is 68.5 Å². The van der Waals surface area contributed by atoms with Crippen LogP contribution in [-0.4, -0.2) is 57.5 Å². The van der Waals surface area contributed by atoms with Gasteiger partial charge in [-0.05, 0) is 62.4 Å². The molecule has 41 heavy (non-hydrogen) atoms. The minimum atomic E-state index is 0.109. The first-order chi connectivity index (χ1) is 19.6. The SMILES string of the molecule is CC(=O)N1CC(C)N(c2nc(-c3cccc4[nH]cc(C)c34)nc3c2CN(c2cc(C(C)C)ccc2C)CC3)CC1C. The fourth-order valence-electron chi connectivity index (χ4n) is 6.69. The maximum atomic E-state index is 12.4. The van der Waals surface area contributed by atoms with Crippen LogP contribution >= 0.6 is 0 Å². The number of aryl methyl sites for hydroxylation is 2. The Kier molecular flexibility index (Phi) is 7.00. The number of H-pyrrole nitrogens is 1. The van der Waals surface area contributed by atoms with E-state index in [0.717, 1.165) is 54.5 Å². The minimum Gasteiger partial charge on any atom is -0.366 e. The Morgan fingerprint density at radius 1 is 1.02 bits per heavy atom. The summed E-state index contributed by atoms with van der Waals surface area (Å²) >= 11 is 0. The van der Waals surface area contributed by atoms with Crippen LogP contribution in [0.2, 0.25) is 0 Å². The largest absolute Gasteiger partial charge is 0.366 e. The Hall–Kier alpha value is -3.87. The number of amides is 1. The molecule has 2 aliphatic rings. The quantitative estimate of drug-likeness (QED) is 0.320. The third-order valence-corrected chi connectivity index (χ3v) is 9.09. The standard InChI is InChI=1S/C34H42N6O/c1-20(2)26-12-11-21(3)31(15-26)38-14-13-29-28(19-38)34(40-18-23(5)39(25(7)41)17-24(40)6)37-33(36-29)27-9-8-10-30-32(27)22(4)16-35-30/h8-12,15-16,20,23-24,35H,13-14,17-19H2,1-7H3. The highest BCUT2D eigenvalue weighted by atomic mass is 16.2. The Labute approximate surface area is 243 Å². The maximum absolute atomic E-state index is 12.4. The molecule has 1 fully saturated rings. The van der Waals surface area contributed by atoms with E-state index in [-0.39, 0.29) is 18.0 Å². The molecule has 7 nitrogen and oxygen atoms in total. The molecule has 4 heterocycles. The van der Waals surface area contributed by atoms with Gasteiger partial charge in [0.1, 0.15) is 5.82 Å². The Bertz CT molecular complexity index is 1620. The summed E-state index contributed by atoms with van der Waals surface area (Å²) in [7, 11) is 0. The number of hydrogen-bond donors (Lipinski definition) is 1. The monoisotopic (exact) mass is 550 g/mol. The Balaban J connectivity index is 1.48. The molecule has 0 spiro atoms. The first-order valence-electron chi connectivity index (χ1n) is 15.0. The van der Waals surface area contributed by atoms with Crippen molar-refractivity contribution in [2.45, 2.75) is 79.4 Å². The lowest BCUT2D eigenvalue weighted by atomic mass is 9.97. The van der Waals surface area contributed by atoms with E-state index in [4.69, 9.17) is 9.97 Å². The van der Waals surface area contributed by atoms with Gasteiger partial charge < -0.3 is 19.7 Å². The highest BCUT2D eigenvalue weighted by Gasteiger charge is 2.35. The molecule has 1 saturated heterocycles. The number of aromatic nitrogens is 3. The molecule has 1 N–H and O–H groups in total.